The number of hydrogen-bond donors (Lipinski definition) is 3. The van der Waals surface area contributed by atoms with Crippen molar-refractivity contribution in [2.24, 2.45) is 16.8 Å². The number of hydrogen-bond acceptors (Lipinski definition) is 5. The lowest BCUT2D eigenvalue weighted by Gasteiger charge is -2.34. The number of ether oxygens (including phenoxy) is 1. The van der Waals surface area contributed by atoms with Gasteiger partial charge < -0.3 is 20.5 Å². The van der Waals surface area contributed by atoms with Crippen LogP contribution in [0.25, 0.3) is 0 Å². The van der Waals surface area contributed by atoms with Crippen molar-refractivity contribution in [1.82, 2.24) is 15.5 Å². The van der Waals surface area contributed by atoms with Crippen molar-refractivity contribution in [3.05, 3.63) is 21.9 Å². The second kappa shape index (κ2) is 13.2. The molecule has 0 bridgehead atoms. The average molecular weight is 425 g/mol. The number of guanidine groups is 1. The van der Waals surface area contributed by atoms with E-state index in [1.165, 1.54) is 9.75 Å². The van der Waals surface area contributed by atoms with E-state index < -0.39 is 0 Å². The van der Waals surface area contributed by atoms with Crippen LogP contribution < -0.4 is 10.6 Å². The van der Waals surface area contributed by atoms with E-state index in [2.05, 4.69) is 55.4 Å². The van der Waals surface area contributed by atoms with Crippen LogP contribution in [-0.4, -0.2) is 68.5 Å². The molecule has 1 aromatic heterocycles. The highest BCUT2D eigenvalue weighted by molar-refractivity contribution is 7.12. The second-order valence-electron chi connectivity index (χ2n) is 8.22. The Hall–Kier alpha value is -1.15. The lowest BCUT2D eigenvalue weighted by atomic mass is 9.94. The zero-order valence-electron chi connectivity index (χ0n) is 18.6. The Labute approximate surface area is 180 Å². The summed E-state index contributed by atoms with van der Waals surface area (Å²) in [5.74, 6) is 1.90. The van der Waals surface area contributed by atoms with Gasteiger partial charge in [0, 0.05) is 49.1 Å². The van der Waals surface area contributed by atoms with Crippen LogP contribution in [0.15, 0.2) is 17.1 Å². The maximum Gasteiger partial charge on any atom is 0.191 e. The highest BCUT2D eigenvalue weighted by atomic mass is 32.1. The van der Waals surface area contributed by atoms with Gasteiger partial charge in [-0.3, -0.25) is 9.89 Å². The normalized spacial score (nSPS) is 18.1. The zero-order chi connectivity index (χ0) is 21.1. The molecule has 0 radical (unpaired) electrons. The molecule has 1 aromatic rings. The fourth-order valence-electron chi connectivity index (χ4n) is 3.82. The summed E-state index contributed by atoms with van der Waals surface area (Å²) in [7, 11) is 0. The van der Waals surface area contributed by atoms with E-state index in [0.29, 0.717) is 17.9 Å². The summed E-state index contributed by atoms with van der Waals surface area (Å²) in [5, 5.41) is 16.3. The van der Waals surface area contributed by atoms with E-state index >= 15 is 0 Å². The molecule has 29 heavy (non-hydrogen) atoms. The van der Waals surface area contributed by atoms with E-state index in [4.69, 9.17) is 9.73 Å². The van der Waals surface area contributed by atoms with E-state index in [1.54, 1.807) is 0 Å². The molecule has 2 heterocycles. The number of aliphatic imine (C=N–C) groups is 1. The third-order valence-corrected chi connectivity index (χ3v) is 6.33. The molecule has 2 atom stereocenters. The minimum Gasteiger partial charge on any atom is -0.396 e. The Balaban J connectivity index is 2.03. The number of aryl methyl sites for hydroxylation is 1. The van der Waals surface area contributed by atoms with Gasteiger partial charge in [-0.2, -0.15) is 0 Å². The molecule has 0 aliphatic carbocycles. The lowest BCUT2D eigenvalue weighted by Crippen LogP contribution is -2.46. The van der Waals surface area contributed by atoms with Gasteiger partial charge in [0.15, 0.2) is 5.96 Å². The fraction of sp³-hybridized carbons (Fsp3) is 0.773. The van der Waals surface area contributed by atoms with E-state index in [9.17, 15) is 5.11 Å². The minimum atomic E-state index is 0.230. The van der Waals surface area contributed by atoms with Crippen LogP contribution in [0.4, 0.5) is 0 Å². The second-order valence-corrected chi connectivity index (χ2v) is 9.54. The van der Waals surface area contributed by atoms with Gasteiger partial charge in [0.05, 0.1) is 19.3 Å². The summed E-state index contributed by atoms with van der Waals surface area (Å²) in [6.45, 7) is 14.9. The van der Waals surface area contributed by atoms with Gasteiger partial charge in [0.1, 0.15) is 0 Å². The Morgan fingerprint density at radius 1 is 1.28 bits per heavy atom. The van der Waals surface area contributed by atoms with Crippen molar-refractivity contribution in [2.45, 2.75) is 46.6 Å². The predicted molar refractivity (Wildman–Crippen MR) is 123 cm³/mol. The molecule has 166 valence electrons. The van der Waals surface area contributed by atoms with Crippen LogP contribution in [0, 0.1) is 18.8 Å². The molecule has 0 spiro atoms. The first kappa shape index (κ1) is 24.1. The molecule has 3 N–H and O–H groups in total. The van der Waals surface area contributed by atoms with Gasteiger partial charge in [-0.05, 0) is 50.7 Å². The molecule has 1 aliphatic rings. The number of morpholine rings is 1. The van der Waals surface area contributed by atoms with E-state index in [0.717, 1.165) is 64.7 Å². The molecule has 0 aromatic carbocycles. The Morgan fingerprint density at radius 3 is 2.62 bits per heavy atom. The molecule has 1 saturated heterocycles. The highest BCUT2D eigenvalue weighted by Gasteiger charge is 2.24. The van der Waals surface area contributed by atoms with Crippen LogP contribution in [0.1, 0.15) is 49.4 Å². The van der Waals surface area contributed by atoms with Gasteiger partial charge in [0.2, 0.25) is 0 Å². The number of rotatable bonds is 11. The van der Waals surface area contributed by atoms with Crippen molar-refractivity contribution >= 4 is 17.3 Å². The lowest BCUT2D eigenvalue weighted by molar-refractivity contribution is 0.0177. The Bertz CT molecular complexity index is 599. The number of aliphatic hydroxyl groups is 1. The van der Waals surface area contributed by atoms with Crippen molar-refractivity contribution in [3.63, 3.8) is 0 Å². The summed E-state index contributed by atoms with van der Waals surface area (Å²) < 4.78 is 5.56. The van der Waals surface area contributed by atoms with Gasteiger partial charge in [-0.1, -0.05) is 13.8 Å². The standard InChI is InChI=1S/C22H40N4O2S/c1-5-23-22(24-15-19(8-11-27)14-17(2)3)25-16-20(21-7-6-18(4)29-21)26-9-12-28-13-10-26/h6-7,17,19-20,27H,5,8-16H2,1-4H3,(H2,23,24,25). The van der Waals surface area contributed by atoms with Gasteiger partial charge in [-0.15, -0.1) is 11.3 Å². The fourth-order valence-corrected chi connectivity index (χ4v) is 4.83. The van der Waals surface area contributed by atoms with Gasteiger partial charge in [0.25, 0.3) is 0 Å². The van der Waals surface area contributed by atoms with Crippen molar-refractivity contribution < 1.29 is 9.84 Å². The Kier molecular flexibility index (Phi) is 11.0. The van der Waals surface area contributed by atoms with Crippen molar-refractivity contribution in [3.8, 4) is 0 Å². The summed E-state index contributed by atoms with van der Waals surface area (Å²) in [4.78, 5) is 10.1. The number of nitrogens with one attached hydrogen (secondary N) is 2. The maximum atomic E-state index is 9.37. The topological polar surface area (TPSA) is 69.1 Å². The van der Waals surface area contributed by atoms with Gasteiger partial charge >= 0.3 is 0 Å². The Morgan fingerprint density at radius 2 is 2.03 bits per heavy atom. The van der Waals surface area contributed by atoms with Crippen molar-refractivity contribution in [2.75, 3.05) is 52.5 Å². The zero-order valence-corrected chi connectivity index (χ0v) is 19.4. The number of nitrogens with zero attached hydrogens (tertiary/aromatic N) is 2. The molecular weight excluding hydrogens is 384 g/mol. The SMILES string of the molecule is CCNC(=NCC(CCO)CC(C)C)NCC(c1ccc(C)s1)N1CCOCC1. The quantitative estimate of drug-likeness (QED) is 0.376. The average Bonchev–Trinajstić information content (AvgIpc) is 3.12. The number of aliphatic hydroxyl groups excluding tert-OH is 1. The monoisotopic (exact) mass is 424 g/mol. The van der Waals surface area contributed by atoms with Crippen LogP contribution in [-0.2, 0) is 4.74 Å². The van der Waals surface area contributed by atoms with Crippen LogP contribution in [0.5, 0.6) is 0 Å². The molecule has 2 unspecified atom stereocenters. The van der Waals surface area contributed by atoms with E-state index in [-0.39, 0.29) is 6.61 Å². The largest absolute Gasteiger partial charge is 0.396 e. The minimum absolute atomic E-state index is 0.230. The maximum absolute atomic E-state index is 9.37. The van der Waals surface area contributed by atoms with Crippen molar-refractivity contribution in [1.29, 1.82) is 0 Å². The van der Waals surface area contributed by atoms with E-state index in [1.807, 2.05) is 11.3 Å². The predicted octanol–water partition coefficient (Wildman–Crippen LogP) is 3.03. The third-order valence-electron chi connectivity index (χ3n) is 5.23. The smallest absolute Gasteiger partial charge is 0.191 e. The molecule has 7 heteroatoms. The molecular formula is C22H40N4O2S. The molecule has 0 saturated carbocycles. The third kappa shape index (κ3) is 8.62. The summed E-state index contributed by atoms with van der Waals surface area (Å²) in [6, 6.07) is 4.79. The highest BCUT2D eigenvalue weighted by Crippen LogP contribution is 2.28. The van der Waals surface area contributed by atoms with Gasteiger partial charge in [-0.25, -0.2) is 0 Å². The molecule has 0 amide bonds. The molecule has 1 fully saturated rings. The molecule has 1 aliphatic heterocycles. The summed E-state index contributed by atoms with van der Waals surface area (Å²) in [5.41, 5.74) is 0. The summed E-state index contributed by atoms with van der Waals surface area (Å²) in [6.07, 6.45) is 1.90. The van der Waals surface area contributed by atoms with Crippen LogP contribution >= 0.6 is 11.3 Å². The first-order valence-corrected chi connectivity index (χ1v) is 11.9. The first-order chi connectivity index (χ1) is 14.0. The molecule has 2 rings (SSSR count). The van der Waals surface area contributed by atoms with Crippen LogP contribution in [0.3, 0.4) is 0 Å². The first-order valence-electron chi connectivity index (χ1n) is 11.0. The van der Waals surface area contributed by atoms with Crippen LogP contribution in [0.2, 0.25) is 0 Å². The molecule has 6 nitrogen and oxygen atoms in total. The number of thiophene rings is 1. The summed E-state index contributed by atoms with van der Waals surface area (Å²) >= 11 is 1.88.